The van der Waals surface area contributed by atoms with Gasteiger partial charge in [0, 0.05) is 14.1 Å². The van der Waals surface area contributed by atoms with Gasteiger partial charge in [0.05, 0.1) is 5.69 Å². The fourth-order valence-corrected chi connectivity index (χ4v) is 1.14. The molecule has 0 aliphatic heterocycles. The molecule has 0 radical (unpaired) electrons. The van der Waals surface area contributed by atoms with Crippen LogP contribution >= 0.6 is 0 Å². The summed E-state index contributed by atoms with van der Waals surface area (Å²) in [5, 5.41) is 0. The van der Waals surface area contributed by atoms with Crippen LogP contribution in [0.15, 0.2) is 18.2 Å². The van der Waals surface area contributed by atoms with Crippen LogP contribution < -0.4 is 10.5 Å². The first-order valence-corrected chi connectivity index (χ1v) is 4.70. The Hall–Kier alpha value is -1.71. The highest BCUT2D eigenvalue weighted by atomic mass is 16.5. The molecule has 1 rings (SSSR count). The highest BCUT2D eigenvalue weighted by molar-refractivity contribution is 5.77. The second-order valence-electron chi connectivity index (χ2n) is 3.57. The summed E-state index contributed by atoms with van der Waals surface area (Å²) in [7, 11) is 3.37. The van der Waals surface area contributed by atoms with Crippen LogP contribution in [0, 0.1) is 6.92 Å². The maximum Gasteiger partial charge on any atom is 0.259 e. The topological polar surface area (TPSA) is 55.6 Å². The van der Waals surface area contributed by atoms with Crippen LogP contribution in [0.3, 0.4) is 0 Å². The number of carbonyl (C=O) groups is 1. The monoisotopic (exact) mass is 208 g/mol. The van der Waals surface area contributed by atoms with Gasteiger partial charge >= 0.3 is 0 Å². The maximum absolute atomic E-state index is 11.3. The fourth-order valence-electron chi connectivity index (χ4n) is 1.14. The third kappa shape index (κ3) is 2.87. The Kier molecular flexibility index (Phi) is 3.55. The molecule has 0 aliphatic carbocycles. The molecule has 82 valence electrons. The molecule has 0 fully saturated rings. The standard InChI is InChI=1S/C11H16N2O2/c1-8-5-4-6-9(12)11(8)15-7-10(14)13(2)3/h4-6H,7,12H2,1-3H3. The number of carbonyl (C=O) groups excluding carboxylic acids is 1. The molecular formula is C11H16N2O2. The minimum absolute atomic E-state index is 0.0159. The summed E-state index contributed by atoms with van der Waals surface area (Å²) in [6, 6.07) is 5.50. The number of para-hydroxylation sites is 1. The fraction of sp³-hybridized carbons (Fsp3) is 0.364. The average molecular weight is 208 g/mol. The van der Waals surface area contributed by atoms with Gasteiger partial charge in [0.2, 0.25) is 0 Å². The van der Waals surface area contributed by atoms with Crippen molar-refractivity contribution in [1.29, 1.82) is 0 Å². The second-order valence-corrected chi connectivity index (χ2v) is 3.57. The van der Waals surface area contributed by atoms with Crippen LogP contribution in [0.1, 0.15) is 5.56 Å². The smallest absolute Gasteiger partial charge is 0.259 e. The van der Waals surface area contributed by atoms with Crippen LogP contribution in [0.2, 0.25) is 0 Å². The van der Waals surface area contributed by atoms with Crippen molar-refractivity contribution in [3.05, 3.63) is 23.8 Å². The van der Waals surface area contributed by atoms with E-state index in [9.17, 15) is 4.79 Å². The van der Waals surface area contributed by atoms with Crippen LogP contribution in [0.4, 0.5) is 5.69 Å². The summed E-state index contributed by atoms with van der Waals surface area (Å²) >= 11 is 0. The van der Waals surface area contributed by atoms with Crippen molar-refractivity contribution in [1.82, 2.24) is 4.90 Å². The Morgan fingerprint density at radius 1 is 1.47 bits per heavy atom. The number of hydrogen-bond donors (Lipinski definition) is 1. The molecule has 0 unspecified atom stereocenters. The Bertz CT molecular complexity index is 341. The van der Waals surface area contributed by atoms with Crippen molar-refractivity contribution in [2.75, 3.05) is 26.4 Å². The number of rotatable bonds is 3. The molecule has 1 aromatic carbocycles. The van der Waals surface area contributed by atoms with E-state index in [-0.39, 0.29) is 12.5 Å². The lowest BCUT2D eigenvalue weighted by Crippen LogP contribution is -2.27. The Balaban J connectivity index is 2.69. The minimum atomic E-state index is -0.0855. The number of nitrogens with zero attached hydrogens (tertiary/aromatic N) is 1. The van der Waals surface area contributed by atoms with Crippen LogP contribution in [-0.4, -0.2) is 31.5 Å². The highest BCUT2D eigenvalue weighted by Gasteiger charge is 2.08. The first-order chi connectivity index (χ1) is 7.02. The highest BCUT2D eigenvalue weighted by Crippen LogP contribution is 2.25. The number of aryl methyl sites for hydroxylation is 1. The van der Waals surface area contributed by atoms with Gasteiger partial charge in [-0.2, -0.15) is 0 Å². The molecule has 0 atom stereocenters. The van der Waals surface area contributed by atoms with E-state index in [4.69, 9.17) is 10.5 Å². The molecule has 4 heteroatoms. The van der Waals surface area contributed by atoms with Crippen molar-refractivity contribution in [3.63, 3.8) is 0 Å². The van der Waals surface area contributed by atoms with Crippen molar-refractivity contribution < 1.29 is 9.53 Å². The number of hydrogen-bond acceptors (Lipinski definition) is 3. The lowest BCUT2D eigenvalue weighted by Gasteiger charge is -2.14. The van der Waals surface area contributed by atoms with Crippen molar-refractivity contribution in [2.45, 2.75) is 6.92 Å². The summed E-state index contributed by atoms with van der Waals surface area (Å²) < 4.78 is 5.37. The Morgan fingerprint density at radius 2 is 2.13 bits per heavy atom. The zero-order chi connectivity index (χ0) is 11.4. The van der Waals surface area contributed by atoms with E-state index >= 15 is 0 Å². The number of amides is 1. The predicted molar refractivity (Wildman–Crippen MR) is 59.8 cm³/mol. The summed E-state index contributed by atoms with van der Waals surface area (Å²) in [5.41, 5.74) is 7.22. The van der Waals surface area contributed by atoms with Crippen LogP contribution in [0.5, 0.6) is 5.75 Å². The van der Waals surface area contributed by atoms with E-state index in [1.54, 1.807) is 20.2 Å². The van der Waals surface area contributed by atoms with Gasteiger partial charge in [-0.25, -0.2) is 0 Å². The van der Waals surface area contributed by atoms with Gasteiger partial charge in [-0.05, 0) is 18.6 Å². The van der Waals surface area contributed by atoms with Crippen molar-refractivity contribution in [3.8, 4) is 5.75 Å². The molecule has 0 saturated heterocycles. The van der Waals surface area contributed by atoms with Gasteiger partial charge in [0.15, 0.2) is 6.61 Å². The number of likely N-dealkylation sites (N-methyl/N-ethyl adjacent to an activating group) is 1. The van der Waals surface area contributed by atoms with E-state index in [1.165, 1.54) is 4.90 Å². The number of anilines is 1. The van der Waals surface area contributed by atoms with Crippen molar-refractivity contribution >= 4 is 11.6 Å². The molecule has 4 nitrogen and oxygen atoms in total. The number of benzene rings is 1. The van der Waals surface area contributed by atoms with Gasteiger partial charge in [-0.15, -0.1) is 0 Å². The molecule has 0 bridgehead atoms. The maximum atomic E-state index is 11.3. The third-order valence-electron chi connectivity index (χ3n) is 2.08. The summed E-state index contributed by atoms with van der Waals surface area (Å²) in [5.74, 6) is 0.505. The van der Waals surface area contributed by atoms with Crippen LogP contribution in [-0.2, 0) is 4.79 Å². The zero-order valence-corrected chi connectivity index (χ0v) is 9.28. The van der Waals surface area contributed by atoms with Gasteiger partial charge in [0.25, 0.3) is 5.91 Å². The van der Waals surface area contributed by atoms with Gasteiger partial charge < -0.3 is 15.4 Å². The normalized spacial score (nSPS) is 9.80. The molecule has 0 spiro atoms. The summed E-state index contributed by atoms with van der Waals surface area (Å²) in [6.07, 6.45) is 0. The molecule has 15 heavy (non-hydrogen) atoms. The molecule has 0 aromatic heterocycles. The minimum Gasteiger partial charge on any atom is -0.481 e. The molecule has 1 aromatic rings. The van der Waals surface area contributed by atoms with Gasteiger partial charge in [-0.3, -0.25) is 4.79 Å². The molecule has 0 heterocycles. The number of ether oxygens (including phenoxy) is 1. The quantitative estimate of drug-likeness (QED) is 0.755. The van der Waals surface area contributed by atoms with E-state index in [1.807, 2.05) is 19.1 Å². The Morgan fingerprint density at radius 3 is 2.67 bits per heavy atom. The van der Waals surface area contributed by atoms with E-state index in [0.717, 1.165) is 5.56 Å². The first kappa shape index (κ1) is 11.4. The summed E-state index contributed by atoms with van der Waals surface area (Å²) in [6.45, 7) is 1.91. The number of nitrogen functional groups attached to an aromatic ring is 1. The average Bonchev–Trinajstić information content (AvgIpc) is 2.16. The summed E-state index contributed by atoms with van der Waals surface area (Å²) in [4.78, 5) is 12.8. The van der Waals surface area contributed by atoms with Crippen molar-refractivity contribution in [2.24, 2.45) is 0 Å². The third-order valence-corrected chi connectivity index (χ3v) is 2.08. The predicted octanol–water partition coefficient (Wildman–Crippen LogP) is 1.04. The molecule has 0 aliphatic rings. The van der Waals surface area contributed by atoms with Crippen LogP contribution in [0.25, 0.3) is 0 Å². The second kappa shape index (κ2) is 4.68. The molecular weight excluding hydrogens is 192 g/mol. The first-order valence-electron chi connectivity index (χ1n) is 4.70. The largest absolute Gasteiger partial charge is 0.481 e. The lowest BCUT2D eigenvalue weighted by atomic mass is 10.2. The number of nitrogens with two attached hydrogens (primary N) is 1. The van der Waals surface area contributed by atoms with E-state index in [0.29, 0.717) is 11.4 Å². The Labute approximate surface area is 89.6 Å². The SMILES string of the molecule is Cc1cccc(N)c1OCC(=O)N(C)C. The molecule has 0 saturated carbocycles. The van der Waals surface area contributed by atoms with E-state index < -0.39 is 0 Å². The van der Waals surface area contributed by atoms with E-state index in [2.05, 4.69) is 0 Å². The molecule has 2 N–H and O–H groups in total. The lowest BCUT2D eigenvalue weighted by molar-refractivity contribution is -0.130. The van der Waals surface area contributed by atoms with Gasteiger partial charge in [0.1, 0.15) is 5.75 Å². The van der Waals surface area contributed by atoms with Gasteiger partial charge in [-0.1, -0.05) is 12.1 Å². The zero-order valence-electron chi connectivity index (χ0n) is 9.28. The molecule has 1 amide bonds.